The predicted octanol–water partition coefficient (Wildman–Crippen LogP) is 3.37. The number of ether oxygens (including phenoxy) is 1. The van der Waals surface area contributed by atoms with Crippen LogP contribution in [0.5, 0.6) is 0 Å². The van der Waals surface area contributed by atoms with E-state index in [2.05, 4.69) is 18.9 Å². The van der Waals surface area contributed by atoms with Crippen LogP contribution in [0.3, 0.4) is 0 Å². The number of hydrogen-bond donors (Lipinski definition) is 0. The van der Waals surface area contributed by atoms with E-state index in [1.54, 1.807) is 0 Å². The molecule has 0 saturated heterocycles. The summed E-state index contributed by atoms with van der Waals surface area (Å²) < 4.78 is 6.77. The van der Waals surface area contributed by atoms with Crippen molar-refractivity contribution in [2.24, 2.45) is 5.92 Å². The first-order valence-corrected chi connectivity index (χ1v) is 7.27. The van der Waals surface area contributed by atoms with E-state index in [9.17, 15) is 4.79 Å². The topological polar surface area (TPSA) is 44.1 Å². The number of hydrogen-bond acceptors (Lipinski definition) is 3. The predicted molar refractivity (Wildman–Crippen MR) is 74.2 cm³/mol. The van der Waals surface area contributed by atoms with Crippen LogP contribution in [0.25, 0.3) is 0 Å². The van der Waals surface area contributed by atoms with Gasteiger partial charge in [-0.05, 0) is 24.7 Å². The molecule has 0 atom stereocenters. The molecule has 1 saturated carbocycles. The van der Waals surface area contributed by atoms with E-state index < -0.39 is 0 Å². The quantitative estimate of drug-likeness (QED) is 0.783. The second-order valence-corrected chi connectivity index (χ2v) is 5.78. The largest absolute Gasteiger partial charge is 0.464 e. The number of carbonyl (C=O) groups excluding carboxylic acids is 1. The lowest BCUT2D eigenvalue weighted by Crippen LogP contribution is -2.20. The van der Waals surface area contributed by atoms with Crippen molar-refractivity contribution in [2.45, 2.75) is 58.4 Å². The van der Waals surface area contributed by atoms with Gasteiger partial charge in [-0.1, -0.05) is 33.1 Å². The zero-order valence-corrected chi connectivity index (χ0v) is 12.2. The van der Waals surface area contributed by atoms with E-state index in [0.29, 0.717) is 11.6 Å². The molecule has 0 unspecified atom stereocenters. The van der Waals surface area contributed by atoms with Crippen LogP contribution in [-0.2, 0) is 11.3 Å². The van der Waals surface area contributed by atoms with Gasteiger partial charge in [-0.15, -0.1) is 0 Å². The van der Waals surface area contributed by atoms with Crippen LogP contribution >= 0.6 is 0 Å². The van der Waals surface area contributed by atoms with Crippen molar-refractivity contribution in [3.63, 3.8) is 0 Å². The van der Waals surface area contributed by atoms with Crippen LogP contribution in [0, 0.1) is 5.92 Å². The van der Waals surface area contributed by atoms with Gasteiger partial charge in [0.25, 0.3) is 0 Å². The van der Waals surface area contributed by atoms with Crippen LogP contribution in [-0.4, -0.2) is 22.9 Å². The first-order valence-electron chi connectivity index (χ1n) is 7.27. The van der Waals surface area contributed by atoms with E-state index in [-0.39, 0.29) is 11.9 Å². The van der Waals surface area contributed by atoms with Crippen molar-refractivity contribution < 1.29 is 9.53 Å². The molecule has 0 N–H and O–H groups in total. The Kier molecular flexibility index (Phi) is 4.61. The van der Waals surface area contributed by atoms with E-state index >= 15 is 0 Å². The van der Waals surface area contributed by atoms with Crippen molar-refractivity contribution in [1.29, 1.82) is 0 Å². The summed E-state index contributed by atoms with van der Waals surface area (Å²) >= 11 is 0. The van der Waals surface area contributed by atoms with Crippen LogP contribution < -0.4 is 0 Å². The molecule has 0 aliphatic heterocycles. The Morgan fingerprint density at radius 3 is 2.68 bits per heavy atom. The average Bonchev–Trinajstić information content (AvgIpc) is 2.83. The smallest absolute Gasteiger partial charge is 0.356 e. The number of carbonyl (C=O) groups is 1. The molecule has 1 aromatic heterocycles. The van der Waals surface area contributed by atoms with Crippen molar-refractivity contribution >= 4 is 5.97 Å². The van der Waals surface area contributed by atoms with Gasteiger partial charge in [-0.2, -0.15) is 5.10 Å². The minimum absolute atomic E-state index is 0.267. The van der Waals surface area contributed by atoms with Crippen molar-refractivity contribution in [3.8, 4) is 0 Å². The van der Waals surface area contributed by atoms with Gasteiger partial charge in [0.05, 0.1) is 13.3 Å². The molecule has 0 radical (unpaired) electrons. The Hall–Kier alpha value is -1.32. The zero-order valence-electron chi connectivity index (χ0n) is 12.2. The van der Waals surface area contributed by atoms with Crippen LogP contribution in [0.2, 0.25) is 0 Å². The lowest BCUT2D eigenvalue weighted by Gasteiger charge is -2.22. The summed E-state index contributed by atoms with van der Waals surface area (Å²) in [6.45, 7) is 5.00. The highest BCUT2D eigenvalue weighted by Crippen LogP contribution is 2.27. The van der Waals surface area contributed by atoms with E-state index in [1.807, 2.05) is 10.9 Å². The third kappa shape index (κ3) is 3.17. The zero-order chi connectivity index (χ0) is 13.8. The maximum atomic E-state index is 12.0. The highest BCUT2D eigenvalue weighted by atomic mass is 16.5. The first-order chi connectivity index (χ1) is 9.13. The van der Waals surface area contributed by atoms with Gasteiger partial charge >= 0.3 is 5.97 Å². The number of methoxy groups -OCH3 is 1. The Bertz CT molecular complexity index is 431. The minimum Gasteiger partial charge on any atom is -0.464 e. The highest BCUT2D eigenvalue weighted by molar-refractivity contribution is 5.89. The Balaban J connectivity index is 2.21. The van der Waals surface area contributed by atoms with Crippen molar-refractivity contribution in [3.05, 3.63) is 17.5 Å². The molecule has 0 aromatic carbocycles. The molecule has 0 spiro atoms. The first kappa shape index (κ1) is 14.1. The van der Waals surface area contributed by atoms with Gasteiger partial charge in [0, 0.05) is 12.1 Å². The molecule has 1 fully saturated rings. The third-order valence-corrected chi connectivity index (χ3v) is 4.02. The monoisotopic (exact) mass is 264 g/mol. The summed E-state index contributed by atoms with van der Waals surface area (Å²) in [5, 5.41) is 4.42. The molecule has 4 heteroatoms. The van der Waals surface area contributed by atoms with E-state index in [1.165, 1.54) is 39.2 Å². The van der Waals surface area contributed by atoms with Gasteiger partial charge < -0.3 is 4.74 Å². The molecule has 1 aliphatic rings. The van der Waals surface area contributed by atoms with E-state index in [0.717, 1.165) is 12.1 Å². The van der Waals surface area contributed by atoms with Gasteiger partial charge in [-0.25, -0.2) is 4.79 Å². The van der Waals surface area contributed by atoms with Gasteiger partial charge in [0.15, 0.2) is 0 Å². The summed E-state index contributed by atoms with van der Waals surface area (Å²) in [5.41, 5.74) is 1.63. The fourth-order valence-corrected chi connectivity index (χ4v) is 2.89. The maximum absolute atomic E-state index is 12.0. The lowest BCUT2D eigenvalue weighted by atomic mass is 9.89. The fraction of sp³-hybridized carbons (Fsp3) is 0.733. The molecule has 106 valence electrons. The van der Waals surface area contributed by atoms with Crippen LogP contribution in [0.4, 0.5) is 0 Å². The van der Waals surface area contributed by atoms with E-state index in [4.69, 9.17) is 4.74 Å². The van der Waals surface area contributed by atoms with Crippen molar-refractivity contribution in [2.75, 3.05) is 7.11 Å². The number of aromatic nitrogens is 2. The number of esters is 1. The normalized spacial score (nSPS) is 16.8. The third-order valence-electron chi connectivity index (χ3n) is 4.02. The van der Waals surface area contributed by atoms with Gasteiger partial charge in [0.1, 0.15) is 5.69 Å². The summed E-state index contributed by atoms with van der Waals surface area (Å²) in [4.78, 5) is 12.0. The van der Waals surface area contributed by atoms with Gasteiger partial charge in [0.2, 0.25) is 0 Å². The number of rotatable bonds is 4. The molecule has 1 aromatic rings. The lowest BCUT2D eigenvalue weighted by molar-refractivity contribution is 0.0582. The highest BCUT2D eigenvalue weighted by Gasteiger charge is 2.23. The van der Waals surface area contributed by atoms with Crippen LogP contribution in [0.15, 0.2) is 6.20 Å². The van der Waals surface area contributed by atoms with Gasteiger partial charge in [-0.3, -0.25) is 4.68 Å². The molecule has 4 nitrogen and oxygen atoms in total. The Morgan fingerprint density at radius 1 is 1.42 bits per heavy atom. The molecular weight excluding hydrogens is 240 g/mol. The van der Waals surface area contributed by atoms with Crippen LogP contribution in [0.1, 0.15) is 67.9 Å². The van der Waals surface area contributed by atoms with Crippen molar-refractivity contribution in [1.82, 2.24) is 9.78 Å². The summed E-state index contributed by atoms with van der Waals surface area (Å²) in [6.07, 6.45) is 8.26. The molecular formula is C15H24N2O2. The molecule has 0 amide bonds. The average molecular weight is 264 g/mol. The second kappa shape index (κ2) is 6.22. The Morgan fingerprint density at radius 2 is 2.11 bits per heavy atom. The molecule has 0 bridgehead atoms. The maximum Gasteiger partial charge on any atom is 0.356 e. The molecule has 19 heavy (non-hydrogen) atoms. The summed E-state index contributed by atoms with van der Waals surface area (Å²) in [7, 11) is 1.43. The second-order valence-electron chi connectivity index (χ2n) is 5.78. The number of nitrogens with zero attached hydrogens (tertiary/aromatic N) is 2. The molecule has 1 aliphatic carbocycles. The molecule has 2 rings (SSSR count). The molecule has 1 heterocycles. The fourth-order valence-electron chi connectivity index (χ4n) is 2.89. The summed E-state index contributed by atoms with van der Waals surface area (Å²) in [6, 6.07) is 0. The standard InChI is InChI=1S/C15H24N2O2/c1-11(2)13-9-16-17(14(13)15(18)19-3)10-12-7-5-4-6-8-12/h9,11-12H,4-8,10H2,1-3H3. The SMILES string of the molecule is COC(=O)c1c(C(C)C)cnn1CC1CCCCC1. The minimum atomic E-state index is -0.267. The summed E-state index contributed by atoms with van der Waals surface area (Å²) in [5.74, 6) is 0.670. The Labute approximate surface area is 115 Å².